The summed E-state index contributed by atoms with van der Waals surface area (Å²) in [4.78, 5) is 24.2. The number of rotatable bonds is 7. The molecule has 6 atom stereocenters. The summed E-state index contributed by atoms with van der Waals surface area (Å²) in [6.07, 6.45) is -2.82. The largest absolute Gasteiger partial charge is 0.476 e. The summed E-state index contributed by atoms with van der Waals surface area (Å²) in [6.45, 7) is 8.41. The van der Waals surface area contributed by atoms with E-state index in [-0.39, 0.29) is 36.2 Å². The Morgan fingerprint density at radius 2 is 2.16 bits per heavy atom. The average Bonchev–Trinajstić information content (AvgIpc) is 3.33. The van der Waals surface area contributed by atoms with Gasteiger partial charge in [0.25, 0.3) is 0 Å². The fraction of sp³-hybridized carbons (Fsp3) is 0.714. The Kier molecular flexibility index (Phi) is 7.38. The number of halogens is 1. The number of nitrogens with zero attached hydrogens (tertiary/aromatic N) is 4. The van der Waals surface area contributed by atoms with Crippen LogP contribution in [0, 0.1) is 5.41 Å². The third-order valence-corrected chi connectivity index (χ3v) is 7.60. The lowest BCUT2D eigenvalue weighted by Gasteiger charge is -2.35. The second kappa shape index (κ2) is 9.95. The number of fused-ring (bicyclic) bond motifs is 2. The zero-order chi connectivity index (χ0) is 27.2. The first kappa shape index (κ1) is 27.5. The Morgan fingerprint density at radius 1 is 1.43 bits per heavy atom. The van der Waals surface area contributed by atoms with Gasteiger partial charge in [-0.3, -0.25) is 18.1 Å². The zero-order valence-electron chi connectivity index (χ0n) is 21.5. The number of phosphoric acid groups is 1. The second-order valence-electron chi connectivity index (χ2n) is 9.94. The molecule has 2 aromatic rings. The van der Waals surface area contributed by atoms with Crippen LogP contribution in [-0.2, 0) is 27.6 Å². The molecule has 0 saturated carbocycles. The second-order valence-corrected chi connectivity index (χ2v) is 11.6. The van der Waals surface area contributed by atoms with E-state index >= 15 is 4.39 Å². The van der Waals surface area contributed by atoms with Gasteiger partial charge in [-0.05, 0) is 19.3 Å². The standard InChI is InChI=1S/C21H32FN6O8P/c1-7-32-16-13-15(26-18(23)27-16)28(10-24-13)17-21(5,22)14-11(35-17)8-33-37(30,36-14)34-9-12(20(2,3)4)25-19(29)31-6/h10-12,14,17H,7-9H2,1-6H3,(H,25,29)(H2,23,26,27)/t11-,12-,14-,17-,21-,37-/m1/s1. The summed E-state index contributed by atoms with van der Waals surface area (Å²) >= 11 is 0. The third-order valence-electron chi connectivity index (χ3n) is 6.18. The van der Waals surface area contributed by atoms with Crippen molar-refractivity contribution in [1.82, 2.24) is 24.8 Å². The van der Waals surface area contributed by atoms with Gasteiger partial charge < -0.3 is 25.3 Å². The van der Waals surface area contributed by atoms with Crippen molar-refractivity contribution >= 4 is 31.0 Å². The Hall–Kier alpha value is -2.58. The van der Waals surface area contributed by atoms with Crippen LogP contribution in [0.1, 0.15) is 40.8 Å². The Bertz CT molecular complexity index is 1200. The van der Waals surface area contributed by atoms with Gasteiger partial charge in [-0.25, -0.2) is 18.7 Å². The number of amides is 1. The maximum absolute atomic E-state index is 16.3. The normalized spacial score (nSPS) is 30.6. The molecule has 206 valence electrons. The van der Waals surface area contributed by atoms with Gasteiger partial charge in [-0.2, -0.15) is 9.97 Å². The molecule has 0 aromatic carbocycles. The van der Waals surface area contributed by atoms with Gasteiger partial charge in [0.05, 0.1) is 39.3 Å². The lowest BCUT2D eigenvalue weighted by molar-refractivity contribution is -0.0720. The number of methoxy groups -OCH3 is 1. The highest BCUT2D eigenvalue weighted by molar-refractivity contribution is 7.48. The number of nitrogens with one attached hydrogen (secondary N) is 1. The molecule has 1 amide bonds. The van der Waals surface area contributed by atoms with Crippen molar-refractivity contribution in [1.29, 1.82) is 0 Å². The van der Waals surface area contributed by atoms with Gasteiger partial charge in [0.2, 0.25) is 11.8 Å². The van der Waals surface area contributed by atoms with E-state index in [4.69, 9.17) is 28.8 Å². The SMILES string of the molecule is CCOc1nc(N)nc2c1ncn2[C@@H]1O[C@@H]2CO[P@](=O)(OC[C@@H](NC(=O)OC)C(C)(C)C)O[C@H]2[C@@]1(C)F. The quantitative estimate of drug-likeness (QED) is 0.487. The van der Waals surface area contributed by atoms with Crippen LogP contribution in [0.3, 0.4) is 0 Å². The zero-order valence-corrected chi connectivity index (χ0v) is 22.4. The molecule has 0 aliphatic carbocycles. The van der Waals surface area contributed by atoms with Crippen LogP contribution in [0.4, 0.5) is 15.1 Å². The average molecular weight is 546 g/mol. The fourth-order valence-electron chi connectivity index (χ4n) is 4.10. The van der Waals surface area contributed by atoms with E-state index in [0.29, 0.717) is 6.61 Å². The molecule has 2 fully saturated rings. The maximum Gasteiger partial charge on any atom is 0.475 e. The first-order chi connectivity index (χ1) is 17.3. The van der Waals surface area contributed by atoms with Crippen LogP contribution in [0.5, 0.6) is 5.88 Å². The van der Waals surface area contributed by atoms with E-state index in [1.165, 1.54) is 24.9 Å². The van der Waals surface area contributed by atoms with E-state index < -0.39 is 49.5 Å². The molecule has 2 aliphatic heterocycles. The molecular weight excluding hydrogens is 514 g/mol. The minimum absolute atomic E-state index is 0.0832. The van der Waals surface area contributed by atoms with Gasteiger partial charge >= 0.3 is 13.9 Å². The fourth-order valence-corrected chi connectivity index (χ4v) is 5.58. The summed E-state index contributed by atoms with van der Waals surface area (Å²) in [6, 6.07) is -0.609. The van der Waals surface area contributed by atoms with Crippen LogP contribution >= 0.6 is 7.82 Å². The molecule has 0 unspecified atom stereocenters. The number of carbonyl (C=O) groups excluding carboxylic acids is 1. The van der Waals surface area contributed by atoms with E-state index in [1.54, 1.807) is 6.92 Å². The number of aromatic nitrogens is 4. The number of hydrogen-bond donors (Lipinski definition) is 2. The number of carbonyl (C=O) groups is 1. The molecule has 4 rings (SSSR count). The van der Waals surface area contributed by atoms with Crippen molar-refractivity contribution in [2.75, 3.05) is 32.7 Å². The van der Waals surface area contributed by atoms with Gasteiger partial charge in [0, 0.05) is 0 Å². The molecule has 3 N–H and O–H groups in total. The van der Waals surface area contributed by atoms with Crippen LogP contribution in [0.2, 0.25) is 0 Å². The smallest absolute Gasteiger partial charge is 0.475 e. The van der Waals surface area contributed by atoms with Gasteiger partial charge in [-0.1, -0.05) is 20.8 Å². The number of ether oxygens (including phenoxy) is 3. The Morgan fingerprint density at radius 3 is 2.81 bits per heavy atom. The van der Waals surface area contributed by atoms with Crippen molar-refractivity contribution in [2.24, 2.45) is 5.41 Å². The van der Waals surface area contributed by atoms with Crippen molar-refractivity contribution in [2.45, 2.75) is 64.8 Å². The topological polar surface area (TPSA) is 171 Å². The number of nitrogens with two attached hydrogens (primary N) is 1. The van der Waals surface area contributed by atoms with Gasteiger partial charge in [0.1, 0.15) is 12.2 Å². The molecule has 2 aliphatic rings. The van der Waals surface area contributed by atoms with Crippen molar-refractivity contribution in [3.63, 3.8) is 0 Å². The Labute approximate surface area is 212 Å². The third kappa shape index (κ3) is 5.36. The first-order valence-corrected chi connectivity index (χ1v) is 13.1. The van der Waals surface area contributed by atoms with Crippen molar-refractivity contribution < 1.29 is 41.5 Å². The van der Waals surface area contributed by atoms with Crippen LogP contribution in [-0.4, -0.2) is 76.5 Å². The predicted molar refractivity (Wildman–Crippen MR) is 127 cm³/mol. The van der Waals surface area contributed by atoms with Crippen LogP contribution < -0.4 is 15.8 Å². The maximum atomic E-state index is 16.3. The first-order valence-electron chi connectivity index (χ1n) is 11.7. The predicted octanol–water partition coefficient (Wildman–Crippen LogP) is 2.74. The highest BCUT2D eigenvalue weighted by Gasteiger charge is 2.62. The molecule has 0 spiro atoms. The molecule has 0 bridgehead atoms. The van der Waals surface area contributed by atoms with E-state index in [1.807, 2.05) is 20.8 Å². The highest BCUT2D eigenvalue weighted by Crippen LogP contribution is 2.60. The lowest BCUT2D eigenvalue weighted by Crippen LogP contribution is -2.47. The number of hydrogen-bond acceptors (Lipinski definition) is 12. The highest BCUT2D eigenvalue weighted by atomic mass is 31.2. The lowest BCUT2D eigenvalue weighted by atomic mass is 9.87. The molecule has 16 heteroatoms. The van der Waals surface area contributed by atoms with E-state index in [0.717, 1.165) is 0 Å². The summed E-state index contributed by atoms with van der Waals surface area (Å²) in [5.41, 5.74) is 3.60. The summed E-state index contributed by atoms with van der Waals surface area (Å²) in [5.74, 6) is 0.0753. The minimum Gasteiger partial charge on any atom is -0.476 e. The molecule has 37 heavy (non-hydrogen) atoms. The van der Waals surface area contributed by atoms with Gasteiger partial charge in [-0.15, -0.1) is 0 Å². The number of alkyl halides is 1. The monoisotopic (exact) mass is 546 g/mol. The number of alkyl carbamates (subject to hydrolysis) is 1. The Balaban J connectivity index is 1.55. The summed E-state index contributed by atoms with van der Waals surface area (Å²) in [5, 5.41) is 2.63. The number of nitrogen functional groups attached to an aromatic ring is 1. The molecular formula is C21H32FN6O8P. The number of anilines is 1. The molecule has 2 saturated heterocycles. The molecule has 14 nitrogen and oxygen atoms in total. The van der Waals surface area contributed by atoms with E-state index in [9.17, 15) is 9.36 Å². The summed E-state index contributed by atoms with van der Waals surface area (Å²) in [7, 11) is -2.99. The number of imidazole rings is 1. The van der Waals surface area contributed by atoms with Gasteiger partial charge in [0.15, 0.2) is 23.1 Å². The van der Waals surface area contributed by atoms with Crippen molar-refractivity contribution in [3.8, 4) is 5.88 Å². The molecule has 0 radical (unpaired) electrons. The van der Waals surface area contributed by atoms with E-state index in [2.05, 4.69) is 25.0 Å². The van der Waals surface area contributed by atoms with Crippen LogP contribution in [0.15, 0.2) is 6.33 Å². The molecule has 2 aromatic heterocycles. The molecule has 4 heterocycles. The summed E-state index contributed by atoms with van der Waals surface area (Å²) < 4.78 is 63.5. The number of phosphoric ester groups is 1. The van der Waals surface area contributed by atoms with Crippen molar-refractivity contribution in [3.05, 3.63) is 6.33 Å². The minimum atomic E-state index is -4.22. The van der Waals surface area contributed by atoms with Crippen LogP contribution in [0.25, 0.3) is 11.2 Å².